The fourth-order valence-electron chi connectivity index (χ4n) is 4.32. The van der Waals surface area contributed by atoms with E-state index in [1.165, 1.54) is 7.11 Å². The van der Waals surface area contributed by atoms with E-state index in [2.05, 4.69) is 36.4 Å². The van der Waals surface area contributed by atoms with E-state index < -0.39 is 12.9 Å². The van der Waals surface area contributed by atoms with Crippen LogP contribution in [0.5, 0.6) is 0 Å². The zero-order valence-electron chi connectivity index (χ0n) is 18.2. The van der Waals surface area contributed by atoms with Crippen LogP contribution in [0, 0.1) is 0 Å². The van der Waals surface area contributed by atoms with Gasteiger partial charge < -0.3 is 4.74 Å². The first-order valence-electron chi connectivity index (χ1n) is 10.7. The second-order valence-corrected chi connectivity index (χ2v) is 10.9. The number of benzene rings is 4. The second-order valence-electron chi connectivity index (χ2n) is 7.63. The molecule has 4 aromatic carbocycles. The average Bonchev–Trinajstić information content (AvgIpc) is 3.32. The highest BCUT2D eigenvalue weighted by Gasteiger charge is 2.35. The Labute approximate surface area is 193 Å². The number of nitrogens with zero attached hydrogens (tertiary/aromatic N) is 2. The van der Waals surface area contributed by atoms with E-state index >= 15 is 0 Å². The number of aromatic nitrogens is 2. The summed E-state index contributed by atoms with van der Waals surface area (Å²) in [6.07, 6.45) is 1.92. The average molecular weight is 450 g/mol. The molecule has 4 nitrogen and oxygen atoms in total. The summed E-state index contributed by atoms with van der Waals surface area (Å²) in [6.45, 7) is -2.67. The van der Waals surface area contributed by atoms with Gasteiger partial charge in [0.15, 0.2) is 5.42 Å². The Kier molecular flexibility index (Phi) is 5.68. The molecule has 0 aliphatic carbocycles. The largest absolute Gasteiger partial charge is 0.464 e. The zero-order valence-corrected chi connectivity index (χ0v) is 19.1. The van der Waals surface area contributed by atoms with Crippen molar-refractivity contribution >= 4 is 45.1 Å². The highest BCUT2D eigenvalue weighted by molar-refractivity contribution is 7.96. The van der Waals surface area contributed by atoms with Crippen LogP contribution in [0.2, 0.25) is 0 Å². The minimum Gasteiger partial charge on any atom is -0.464 e. The number of esters is 1. The number of ether oxygens (including phenoxy) is 1. The van der Waals surface area contributed by atoms with E-state index in [-0.39, 0.29) is 0 Å². The normalized spacial score (nSPS) is 11.3. The summed E-state index contributed by atoms with van der Waals surface area (Å²) in [6, 6.07) is 38.6. The van der Waals surface area contributed by atoms with E-state index in [4.69, 9.17) is 9.84 Å². The molecular formula is C28H23N2O2P. The Balaban J connectivity index is 2.05. The van der Waals surface area contributed by atoms with Crippen LogP contribution >= 0.6 is 6.89 Å². The second kappa shape index (κ2) is 8.93. The SMILES string of the molecule is COC(=O)C(n1cc2ccccc2n1)=P(c1ccccc1)(c1ccccc1)c1ccccc1. The molecule has 0 amide bonds. The lowest BCUT2D eigenvalue weighted by Gasteiger charge is -2.31. The topological polar surface area (TPSA) is 44.1 Å². The molecular weight excluding hydrogens is 427 g/mol. The van der Waals surface area contributed by atoms with Crippen molar-refractivity contribution in [2.24, 2.45) is 0 Å². The van der Waals surface area contributed by atoms with Crippen molar-refractivity contribution in [2.75, 3.05) is 7.11 Å². The molecule has 1 heterocycles. The minimum absolute atomic E-state index is 0.396. The molecule has 0 radical (unpaired) electrons. The number of carbonyl (C=O) groups excluding carboxylic acids is 1. The lowest BCUT2D eigenvalue weighted by Crippen LogP contribution is -2.37. The first kappa shape index (κ1) is 21.0. The third-order valence-corrected chi connectivity index (χ3v) is 9.99. The van der Waals surface area contributed by atoms with Gasteiger partial charge in [0.05, 0.1) is 12.6 Å². The molecule has 0 fully saturated rings. The predicted octanol–water partition coefficient (Wildman–Crippen LogP) is 4.18. The summed E-state index contributed by atoms with van der Waals surface area (Å²) >= 11 is 0. The standard InChI is InChI=1S/C28H23N2O2P/c1-32-28(31)27(30-21-22-13-11-12-20-26(22)29-30)33(23-14-5-2-6-15-23,24-16-7-3-8-17-24)25-18-9-4-10-19-25/h2-21H,1H3. The van der Waals surface area contributed by atoms with Crippen LogP contribution < -0.4 is 15.9 Å². The quantitative estimate of drug-likeness (QED) is 0.298. The number of fused-ring (bicyclic) bond motifs is 1. The fourth-order valence-corrected chi connectivity index (χ4v) is 8.58. The molecule has 0 aliphatic heterocycles. The molecule has 162 valence electrons. The molecule has 0 aliphatic rings. The van der Waals surface area contributed by atoms with Gasteiger partial charge in [0.25, 0.3) is 0 Å². The van der Waals surface area contributed by atoms with Crippen molar-refractivity contribution in [1.29, 1.82) is 0 Å². The van der Waals surface area contributed by atoms with Gasteiger partial charge in [0.1, 0.15) is 0 Å². The molecule has 0 spiro atoms. The summed E-state index contributed by atoms with van der Waals surface area (Å²) in [5, 5.41) is 8.97. The smallest absolute Gasteiger partial charge is 0.357 e. The maximum absolute atomic E-state index is 13.7. The maximum atomic E-state index is 13.7. The Hall–Kier alpha value is -3.88. The number of rotatable bonds is 5. The molecule has 0 N–H and O–H groups in total. The van der Waals surface area contributed by atoms with E-state index in [1.54, 1.807) is 4.68 Å². The minimum atomic E-state index is -2.67. The molecule has 5 heteroatoms. The molecule has 0 unspecified atom stereocenters. The summed E-state index contributed by atoms with van der Waals surface area (Å²) in [4.78, 5) is 13.7. The third-order valence-electron chi connectivity index (χ3n) is 5.75. The molecule has 0 saturated heterocycles. The van der Waals surface area contributed by atoms with E-state index in [1.807, 2.05) is 85.1 Å². The van der Waals surface area contributed by atoms with Gasteiger partial charge in [0, 0.05) is 18.5 Å². The Morgan fingerprint density at radius 3 is 1.61 bits per heavy atom. The lowest BCUT2D eigenvalue weighted by atomic mass is 10.3. The first-order valence-corrected chi connectivity index (χ1v) is 12.5. The Morgan fingerprint density at radius 2 is 1.15 bits per heavy atom. The highest BCUT2D eigenvalue weighted by atomic mass is 31.2. The summed E-state index contributed by atoms with van der Waals surface area (Å²) < 4.78 is 7.16. The molecule has 5 aromatic rings. The van der Waals surface area contributed by atoms with Gasteiger partial charge in [-0.25, -0.2) is 9.48 Å². The van der Waals surface area contributed by atoms with Crippen LogP contribution in [0.4, 0.5) is 0 Å². The van der Waals surface area contributed by atoms with E-state index in [0.717, 1.165) is 26.8 Å². The summed E-state index contributed by atoms with van der Waals surface area (Å²) in [5.74, 6) is -0.396. The van der Waals surface area contributed by atoms with Crippen LogP contribution in [0.1, 0.15) is 0 Å². The number of hydrogen-bond donors (Lipinski definition) is 0. The fraction of sp³-hybridized carbons (Fsp3) is 0.0357. The summed E-state index contributed by atoms with van der Waals surface area (Å²) in [7, 11) is 1.43. The zero-order chi connectivity index (χ0) is 22.7. The van der Waals surface area contributed by atoms with Gasteiger partial charge in [-0.15, -0.1) is 0 Å². The third kappa shape index (κ3) is 3.59. The number of methoxy groups -OCH3 is 1. The van der Waals surface area contributed by atoms with Gasteiger partial charge in [-0.3, -0.25) is 0 Å². The van der Waals surface area contributed by atoms with Crippen LogP contribution in [0.15, 0.2) is 121 Å². The molecule has 0 bridgehead atoms. The first-order chi connectivity index (χ1) is 16.2. The molecule has 1 aromatic heterocycles. The van der Waals surface area contributed by atoms with Gasteiger partial charge in [-0.1, -0.05) is 109 Å². The summed E-state index contributed by atoms with van der Waals surface area (Å²) in [5.41, 5.74) is 1.34. The van der Waals surface area contributed by atoms with Crippen molar-refractivity contribution in [3.05, 3.63) is 121 Å². The van der Waals surface area contributed by atoms with Crippen molar-refractivity contribution in [2.45, 2.75) is 0 Å². The lowest BCUT2D eigenvalue weighted by molar-refractivity contribution is -0.132. The van der Waals surface area contributed by atoms with Crippen LogP contribution in [-0.2, 0) is 9.53 Å². The van der Waals surface area contributed by atoms with Crippen molar-refractivity contribution in [3.63, 3.8) is 0 Å². The number of carbonyl (C=O) groups is 1. The van der Waals surface area contributed by atoms with Gasteiger partial charge in [0.2, 0.25) is 0 Å². The van der Waals surface area contributed by atoms with Crippen LogP contribution in [0.25, 0.3) is 10.9 Å². The van der Waals surface area contributed by atoms with E-state index in [0.29, 0.717) is 5.42 Å². The van der Waals surface area contributed by atoms with Crippen molar-refractivity contribution < 1.29 is 9.53 Å². The molecule has 0 atom stereocenters. The van der Waals surface area contributed by atoms with Crippen molar-refractivity contribution in [3.8, 4) is 0 Å². The van der Waals surface area contributed by atoms with E-state index in [9.17, 15) is 4.79 Å². The van der Waals surface area contributed by atoms with Gasteiger partial charge in [-0.2, -0.15) is 5.10 Å². The Bertz CT molecular complexity index is 1320. The monoisotopic (exact) mass is 450 g/mol. The Morgan fingerprint density at radius 1 is 0.697 bits per heavy atom. The van der Waals surface area contributed by atoms with Crippen molar-refractivity contribution in [1.82, 2.24) is 9.78 Å². The molecule has 0 saturated carbocycles. The van der Waals surface area contributed by atoms with Gasteiger partial charge in [-0.05, 0) is 22.0 Å². The van der Waals surface area contributed by atoms with Crippen LogP contribution in [0.3, 0.4) is 0 Å². The van der Waals surface area contributed by atoms with Crippen LogP contribution in [-0.4, -0.2) is 28.3 Å². The number of hydrogen-bond acceptors (Lipinski definition) is 3. The maximum Gasteiger partial charge on any atom is 0.357 e. The predicted molar refractivity (Wildman–Crippen MR) is 137 cm³/mol. The molecule has 5 rings (SSSR count). The molecule has 33 heavy (non-hydrogen) atoms. The van der Waals surface area contributed by atoms with Gasteiger partial charge >= 0.3 is 5.97 Å². The highest BCUT2D eigenvalue weighted by Crippen LogP contribution is 2.46.